The Bertz CT molecular complexity index is 360. The number of halogens is 2. The van der Waals surface area contributed by atoms with Gasteiger partial charge >= 0.3 is 0 Å². The van der Waals surface area contributed by atoms with Crippen molar-refractivity contribution in [1.82, 2.24) is 5.32 Å². The predicted molar refractivity (Wildman–Crippen MR) is 60.6 cm³/mol. The van der Waals surface area contributed by atoms with E-state index in [-0.39, 0.29) is 12.5 Å². The Morgan fingerprint density at radius 1 is 1.24 bits per heavy atom. The van der Waals surface area contributed by atoms with Gasteiger partial charge in [-0.15, -0.1) is 0 Å². The summed E-state index contributed by atoms with van der Waals surface area (Å²) in [7, 11) is 0. The number of rotatable bonds is 5. The Morgan fingerprint density at radius 2 is 1.76 bits per heavy atom. The Balaban J connectivity index is 2.53. The lowest BCUT2D eigenvalue weighted by Crippen LogP contribution is -2.30. The molecule has 17 heavy (non-hydrogen) atoms. The van der Waals surface area contributed by atoms with Crippen LogP contribution in [0.3, 0.4) is 0 Å². The molecule has 96 valence electrons. The summed E-state index contributed by atoms with van der Waals surface area (Å²) in [6.07, 6.45) is -0.498. The monoisotopic (exact) mass is 245 g/mol. The summed E-state index contributed by atoms with van der Waals surface area (Å²) >= 11 is 0. The second-order valence-electron chi connectivity index (χ2n) is 4.35. The van der Waals surface area contributed by atoms with Gasteiger partial charge in [0.05, 0.1) is 6.10 Å². The zero-order valence-electron chi connectivity index (χ0n) is 9.87. The molecule has 0 aliphatic carbocycles. The number of aliphatic hydroxyl groups is 1. The zero-order valence-corrected chi connectivity index (χ0v) is 9.87. The molecule has 1 aromatic carbocycles. The van der Waals surface area contributed by atoms with E-state index in [4.69, 9.17) is 5.11 Å². The van der Waals surface area contributed by atoms with Crippen molar-refractivity contribution in [3.8, 4) is 5.75 Å². The number of phenols is 1. The van der Waals surface area contributed by atoms with Crippen molar-refractivity contribution in [3.63, 3.8) is 0 Å². The summed E-state index contributed by atoms with van der Waals surface area (Å²) in [6.45, 7) is 4.35. The number of phenolic OH excluding ortho intramolecular Hbond substituents is 1. The molecule has 0 aliphatic rings. The van der Waals surface area contributed by atoms with Gasteiger partial charge in [-0.25, -0.2) is 8.78 Å². The van der Waals surface area contributed by atoms with Crippen LogP contribution in [-0.2, 0) is 6.54 Å². The fraction of sp³-hybridized carbons (Fsp3) is 0.500. The molecule has 0 saturated carbocycles. The molecule has 0 spiro atoms. The molecule has 0 radical (unpaired) electrons. The highest BCUT2D eigenvalue weighted by Gasteiger charge is 2.11. The molecule has 0 bridgehead atoms. The van der Waals surface area contributed by atoms with Gasteiger partial charge in [0, 0.05) is 13.1 Å². The van der Waals surface area contributed by atoms with E-state index in [1.165, 1.54) is 0 Å². The molecule has 3 N–H and O–H groups in total. The molecule has 0 amide bonds. The summed E-state index contributed by atoms with van der Waals surface area (Å²) in [5.41, 5.74) is 0.383. The molecule has 0 fully saturated rings. The minimum absolute atomic E-state index is 0.121. The van der Waals surface area contributed by atoms with Crippen LogP contribution in [0.4, 0.5) is 8.78 Å². The maximum atomic E-state index is 13.0. The highest BCUT2D eigenvalue weighted by molar-refractivity contribution is 5.29. The van der Waals surface area contributed by atoms with E-state index in [9.17, 15) is 13.9 Å². The maximum absolute atomic E-state index is 13.0. The second kappa shape index (κ2) is 5.93. The van der Waals surface area contributed by atoms with Gasteiger partial charge in [-0.3, -0.25) is 0 Å². The van der Waals surface area contributed by atoms with Crippen LogP contribution in [0.15, 0.2) is 12.1 Å². The SMILES string of the molecule is CC(C)C(O)CNCc1cc(F)c(O)c(F)c1. The number of hydrogen-bond acceptors (Lipinski definition) is 3. The van der Waals surface area contributed by atoms with Gasteiger partial charge in [0.15, 0.2) is 17.4 Å². The maximum Gasteiger partial charge on any atom is 0.187 e. The number of aliphatic hydroxyl groups excluding tert-OH is 1. The molecule has 0 saturated heterocycles. The highest BCUT2D eigenvalue weighted by atomic mass is 19.1. The number of benzene rings is 1. The van der Waals surface area contributed by atoms with E-state index < -0.39 is 23.5 Å². The van der Waals surface area contributed by atoms with Crippen LogP contribution in [0, 0.1) is 17.6 Å². The Morgan fingerprint density at radius 3 is 2.24 bits per heavy atom. The summed E-state index contributed by atoms with van der Waals surface area (Å²) < 4.78 is 26.0. The molecule has 0 aliphatic heterocycles. The van der Waals surface area contributed by atoms with Crippen LogP contribution >= 0.6 is 0 Å². The first kappa shape index (κ1) is 13.9. The summed E-state index contributed by atoms with van der Waals surface area (Å²) in [6, 6.07) is 2.13. The predicted octanol–water partition coefficient (Wildman–Crippen LogP) is 1.78. The first-order chi connectivity index (χ1) is 7.91. The van der Waals surface area contributed by atoms with Gasteiger partial charge in [-0.1, -0.05) is 13.8 Å². The summed E-state index contributed by atoms with van der Waals surface area (Å²) in [5.74, 6) is -2.80. The standard InChI is InChI=1S/C12H17F2NO2/c1-7(2)11(16)6-15-5-8-3-9(13)12(17)10(14)4-8/h3-4,7,11,15-17H,5-6H2,1-2H3. The topological polar surface area (TPSA) is 52.5 Å². The molecule has 3 nitrogen and oxygen atoms in total. The molecular formula is C12H17F2NO2. The van der Waals surface area contributed by atoms with Crippen LogP contribution in [0.2, 0.25) is 0 Å². The van der Waals surface area contributed by atoms with E-state index in [2.05, 4.69) is 5.32 Å². The quantitative estimate of drug-likeness (QED) is 0.741. The van der Waals surface area contributed by atoms with Crippen molar-refractivity contribution < 1.29 is 19.0 Å². The van der Waals surface area contributed by atoms with Gasteiger partial charge in [-0.2, -0.15) is 0 Å². The third-order valence-corrected chi connectivity index (χ3v) is 2.53. The average molecular weight is 245 g/mol. The second-order valence-corrected chi connectivity index (χ2v) is 4.35. The molecule has 0 aromatic heterocycles. The average Bonchev–Trinajstić information content (AvgIpc) is 2.25. The van der Waals surface area contributed by atoms with Crippen LogP contribution in [0.5, 0.6) is 5.75 Å². The number of hydrogen-bond donors (Lipinski definition) is 3. The van der Waals surface area contributed by atoms with E-state index in [0.717, 1.165) is 12.1 Å². The normalized spacial score (nSPS) is 13.1. The largest absolute Gasteiger partial charge is 0.503 e. The van der Waals surface area contributed by atoms with Gasteiger partial charge in [-0.05, 0) is 23.6 Å². The Labute approximate surface area is 99.1 Å². The van der Waals surface area contributed by atoms with Gasteiger partial charge in [0.25, 0.3) is 0 Å². The fourth-order valence-electron chi connectivity index (χ4n) is 1.32. The molecule has 1 aromatic rings. The third kappa shape index (κ3) is 3.94. The number of aromatic hydroxyl groups is 1. The smallest absolute Gasteiger partial charge is 0.187 e. The van der Waals surface area contributed by atoms with Crippen LogP contribution in [-0.4, -0.2) is 22.9 Å². The molecular weight excluding hydrogens is 228 g/mol. The van der Waals surface area contributed by atoms with E-state index in [0.29, 0.717) is 12.1 Å². The first-order valence-corrected chi connectivity index (χ1v) is 5.47. The lowest BCUT2D eigenvalue weighted by molar-refractivity contribution is 0.123. The number of nitrogens with one attached hydrogen (secondary N) is 1. The molecule has 1 rings (SSSR count). The summed E-state index contributed by atoms with van der Waals surface area (Å²) in [5, 5.41) is 21.3. The van der Waals surface area contributed by atoms with E-state index in [1.54, 1.807) is 0 Å². The Hall–Kier alpha value is -1.20. The molecule has 1 atom stereocenters. The van der Waals surface area contributed by atoms with Crippen molar-refractivity contribution in [2.45, 2.75) is 26.5 Å². The minimum Gasteiger partial charge on any atom is -0.503 e. The van der Waals surface area contributed by atoms with Gasteiger partial charge in [0.2, 0.25) is 0 Å². The van der Waals surface area contributed by atoms with Crippen molar-refractivity contribution >= 4 is 0 Å². The van der Waals surface area contributed by atoms with Crippen molar-refractivity contribution in [2.75, 3.05) is 6.54 Å². The van der Waals surface area contributed by atoms with Gasteiger partial charge < -0.3 is 15.5 Å². The highest BCUT2D eigenvalue weighted by Crippen LogP contribution is 2.21. The van der Waals surface area contributed by atoms with E-state index in [1.807, 2.05) is 13.8 Å². The van der Waals surface area contributed by atoms with Gasteiger partial charge in [0.1, 0.15) is 0 Å². The molecule has 5 heteroatoms. The van der Waals surface area contributed by atoms with E-state index >= 15 is 0 Å². The van der Waals surface area contributed by atoms with Crippen LogP contribution in [0.1, 0.15) is 19.4 Å². The summed E-state index contributed by atoms with van der Waals surface area (Å²) in [4.78, 5) is 0. The van der Waals surface area contributed by atoms with Crippen LogP contribution in [0.25, 0.3) is 0 Å². The lowest BCUT2D eigenvalue weighted by Gasteiger charge is -2.15. The molecule has 1 unspecified atom stereocenters. The third-order valence-electron chi connectivity index (χ3n) is 2.53. The Kier molecular flexibility index (Phi) is 4.84. The fourth-order valence-corrected chi connectivity index (χ4v) is 1.32. The van der Waals surface area contributed by atoms with Crippen molar-refractivity contribution in [1.29, 1.82) is 0 Å². The van der Waals surface area contributed by atoms with Crippen LogP contribution < -0.4 is 5.32 Å². The van der Waals surface area contributed by atoms with Crippen molar-refractivity contribution in [2.24, 2.45) is 5.92 Å². The minimum atomic E-state index is -0.980. The lowest BCUT2D eigenvalue weighted by atomic mass is 10.1. The zero-order chi connectivity index (χ0) is 13.0. The van der Waals surface area contributed by atoms with Crippen molar-refractivity contribution in [3.05, 3.63) is 29.3 Å². The molecule has 0 heterocycles. The first-order valence-electron chi connectivity index (χ1n) is 5.47.